The number of carbonyl (C=O) groups is 1. The average Bonchev–Trinajstić information content (AvgIpc) is 3.15. The molecule has 1 saturated heterocycles. The van der Waals surface area contributed by atoms with E-state index in [1.807, 2.05) is 42.5 Å². The summed E-state index contributed by atoms with van der Waals surface area (Å²) < 4.78 is 7.68. The minimum atomic E-state index is -0.311. The fourth-order valence-electron chi connectivity index (χ4n) is 3.49. The van der Waals surface area contributed by atoms with E-state index in [0.29, 0.717) is 6.54 Å². The Kier molecular flexibility index (Phi) is 4.68. The second-order valence-corrected chi connectivity index (χ2v) is 6.78. The van der Waals surface area contributed by atoms with Crippen molar-refractivity contribution >= 4 is 51.2 Å². The number of para-hydroxylation sites is 1. The number of hydrogen-bond donors (Lipinski definition) is 0. The normalized spacial score (nSPS) is 15.4. The van der Waals surface area contributed by atoms with E-state index in [-0.39, 0.29) is 29.8 Å². The third-order valence-corrected chi connectivity index (χ3v) is 5.03. The van der Waals surface area contributed by atoms with Crippen molar-refractivity contribution in [3.05, 3.63) is 66.4 Å². The summed E-state index contributed by atoms with van der Waals surface area (Å²) in [6, 6.07) is 16.3. The van der Waals surface area contributed by atoms with Crippen molar-refractivity contribution in [3.63, 3.8) is 0 Å². The lowest BCUT2D eigenvalue weighted by Crippen LogP contribution is -2.29. The Morgan fingerprint density at radius 1 is 1.18 bits per heavy atom. The molecule has 1 fully saturated rings. The van der Waals surface area contributed by atoms with Crippen LogP contribution in [0.25, 0.3) is 27.9 Å². The molecule has 0 bridgehead atoms. The molecule has 6 heteroatoms. The molecule has 138 valence electrons. The van der Waals surface area contributed by atoms with Crippen LogP contribution < -0.4 is 0 Å². The number of nitrogens with zero attached hydrogens (tertiary/aromatic N) is 3. The highest BCUT2D eigenvalue weighted by Gasteiger charge is 2.32. The molecule has 28 heavy (non-hydrogen) atoms. The number of fused-ring (bicyclic) bond motifs is 3. The fraction of sp³-hybridized carbons (Fsp3) is 0.136. The van der Waals surface area contributed by atoms with Gasteiger partial charge in [0, 0.05) is 34.9 Å². The molecule has 0 atom stereocenters. The van der Waals surface area contributed by atoms with Crippen LogP contribution in [0.4, 0.5) is 0 Å². The van der Waals surface area contributed by atoms with Gasteiger partial charge in [-0.25, -0.2) is 0 Å². The van der Waals surface area contributed by atoms with Gasteiger partial charge in [0.25, 0.3) is 11.1 Å². The molecule has 0 saturated carbocycles. The van der Waals surface area contributed by atoms with Gasteiger partial charge in [0.2, 0.25) is 0 Å². The number of nitriles is 1. The van der Waals surface area contributed by atoms with E-state index < -0.39 is 0 Å². The van der Waals surface area contributed by atoms with Crippen LogP contribution in [0.15, 0.2) is 60.9 Å². The minimum Gasteiger partial charge on any atom is -0.426 e. The lowest BCUT2D eigenvalue weighted by Gasteiger charge is -2.08. The first-order valence-corrected chi connectivity index (χ1v) is 9.29. The number of thiocarbonyl (C=S) groups is 1. The molecular weight excluding hydrogens is 370 g/mol. The Balaban J connectivity index is 1.77. The molecule has 1 aromatic heterocycles. The number of hydrogen-bond acceptors (Lipinski definition) is 4. The van der Waals surface area contributed by atoms with E-state index in [9.17, 15) is 4.79 Å². The van der Waals surface area contributed by atoms with Gasteiger partial charge in [-0.2, -0.15) is 5.26 Å². The van der Waals surface area contributed by atoms with Gasteiger partial charge in [0.15, 0.2) is 5.76 Å². The maximum absolute atomic E-state index is 12.5. The largest absolute Gasteiger partial charge is 0.426 e. The predicted octanol–water partition coefficient (Wildman–Crippen LogP) is 4.38. The van der Waals surface area contributed by atoms with Crippen LogP contribution in [0, 0.1) is 11.3 Å². The molecule has 0 N–H and O–H groups in total. The molecule has 4 rings (SSSR count). The van der Waals surface area contributed by atoms with Gasteiger partial charge in [0.05, 0.1) is 12.5 Å². The zero-order chi connectivity index (χ0) is 19.7. The third kappa shape index (κ3) is 2.96. The summed E-state index contributed by atoms with van der Waals surface area (Å²) in [6.07, 6.45) is 3.78. The molecule has 1 aliphatic heterocycles. The van der Waals surface area contributed by atoms with Gasteiger partial charge in [-0.3, -0.25) is 9.69 Å². The molecule has 2 heterocycles. The number of carbonyl (C=O) groups excluding carboxylic acids is 1. The summed E-state index contributed by atoms with van der Waals surface area (Å²) in [5.41, 5.74) is 3.09. The summed E-state index contributed by atoms with van der Waals surface area (Å²) in [6.45, 7) is 4.81. The fourth-order valence-corrected chi connectivity index (χ4v) is 3.76. The number of allylic oxidation sites excluding steroid dienone is 1. The molecule has 1 aliphatic rings. The lowest BCUT2D eigenvalue weighted by atomic mass is 10.1. The number of aromatic nitrogens is 1. The Labute approximate surface area is 167 Å². The molecule has 0 spiro atoms. The summed E-state index contributed by atoms with van der Waals surface area (Å²) in [5.74, 6) is -0.133. The van der Waals surface area contributed by atoms with Gasteiger partial charge in [0.1, 0.15) is 0 Å². The molecule has 0 radical (unpaired) electrons. The molecule has 2 aromatic carbocycles. The SMILES string of the molecule is C=CCn1c2ccccc2c2cc(/C=C3/OC(=S)N(CCC#N)C3=O)ccc21. The Morgan fingerprint density at radius 3 is 2.75 bits per heavy atom. The van der Waals surface area contributed by atoms with E-state index in [1.165, 1.54) is 4.90 Å². The van der Waals surface area contributed by atoms with Crippen molar-refractivity contribution in [1.29, 1.82) is 5.26 Å². The highest BCUT2D eigenvalue weighted by molar-refractivity contribution is 7.80. The minimum absolute atomic E-state index is 0.0927. The highest BCUT2D eigenvalue weighted by Crippen LogP contribution is 2.31. The molecule has 5 nitrogen and oxygen atoms in total. The number of rotatable bonds is 5. The van der Waals surface area contributed by atoms with Gasteiger partial charge >= 0.3 is 0 Å². The zero-order valence-corrected chi connectivity index (χ0v) is 15.9. The topological polar surface area (TPSA) is 58.3 Å². The molecule has 3 aromatic rings. The van der Waals surface area contributed by atoms with Gasteiger partial charge < -0.3 is 9.30 Å². The maximum Gasteiger partial charge on any atom is 0.297 e. The number of ether oxygens (including phenoxy) is 1. The standard InChI is InChI=1S/C22H17N3O2S/c1-2-11-24-18-7-4-3-6-16(18)17-13-15(8-9-19(17)24)14-20-21(26)25(12-5-10-23)22(28)27-20/h2-4,6-9,13-14H,1,5,11-12H2/b20-14+. The Hall–Kier alpha value is -3.43. The summed E-state index contributed by atoms with van der Waals surface area (Å²) in [4.78, 5) is 13.8. The van der Waals surface area contributed by atoms with Crippen molar-refractivity contribution in [3.8, 4) is 6.07 Å². The first kappa shape index (κ1) is 18.0. The van der Waals surface area contributed by atoms with E-state index >= 15 is 0 Å². The van der Waals surface area contributed by atoms with Crippen LogP contribution >= 0.6 is 12.2 Å². The van der Waals surface area contributed by atoms with E-state index in [4.69, 9.17) is 22.2 Å². The van der Waals surface area contributed by atoms with Crippen molar-refractivity contribution in [2.24, 2.45) is 0 Å². The zero-order valence-electron chi connectivity index (χ0n) is 15.1. The first-order valence-electron chi connectivity index (χ1n) is 8.88. The van der Waals surface area contributed by atoms with Crippen LogP contribution in [-0.2, 0) is 16.1 Å². The van der Waals surface area contributed by atoms with Crippen molar-refractivity contribution in [2.75, 3.05) is 6.54 Å². The van der Waals surface area contributed by atoms with Gasteiger partial charge in [-0.05, 0) is 42.1 Å². The summed E-state index contributed by atoms with van der Waals surface area (Å²) in [5, 5.41) is 11.1. The highest BCUT2D eigenvalue weighted by atomic mass is 32.1. The molecule has 1 amide bonds. The van der Waals surface area contributed by atoms with Crippen molar-refractivity contribution < 1.29 is 9.53 Å². The number of benzene rings is 2. The Bertz CT molecular complexity index is 1200. The van der Waals surface area contributed by atoms with Crippen LogP contribution in [-0.4, -0.2) is 27.1 Å². The smallest absolute Gasteiger partial charge is 0.297 e. The quantitative estimate of drug-likeness (QED) is 0.370. The van der Waals surface area contributed by atoms with Crippen molar-refractivity contribution in [2.45, 2.75) is 13.0 Å². The van der Waals surface area contributed by atoms with Crippen molar-refractivity contribution in [1.82, 2.24) is 9.47 Å². The van der Waals surface area contributed by atoms with E-state index in [1.54, 1.807) is 6.08 Å². The first-order chi connectivity index (χ1) is 13.6. The third-order valence-electron chi connectivity index (χ3n) is 4.73. The van der Waals surface area contributed by atoms with Gasteiger partial charge in [-0.15, -0.1) is 6.58 Å². The maximum atomic E-state index is 12.5. The summed E-state index contributed by atoms with van der Waals surface area (Å²) in [7, 11) is 0. The van der Waals surface area contributed by atoms with Crippen LogP contribution in [0.3, 0.4) is 0 Å². The monoisotopic (exact) mass is 387 g/mol. The van der Waals surface area contributed by atoms with Crippen LogP contribution in [0.2, 0.25) is 0 Å². The second kappa shape index (κ2) is 7.29. The Morgan fingerprint density at radius 2 is 1.96 bits per heavy atom. The molecule has 0 unspecified atom stereocenters. The lowest BCUT2D eigenvalue weighted by molar-refractivity contribution is -0.122. The van der Waals surface area contributed by atoms with E-state index in [0.717, 1.165) is 27.4 Å². The second-order valence-electron chi connectivity index (χ2n) is 6.43. The van der Waals surface area contributed by atoms with Gasteiger partial charge in [-0.1, -0.05) is 30.3 Å². The summed E-state index contributed by atoms with van der Waals surface area (Å²) >= 11 is 5.12. The van der Waals surface area contributed by atoms with E-state index in [2.05, 4.69) is 23.3 Å². The van der Waals surface area contributed by atoms with Crippen LogP contribution in [0.1, 0.15) is 12.0 Å². The molecular formula is C22H17N3O2S. The predicted molar refractivity (Wildman–Crippen MR) is 113 cm³/mol. The molecule has 0 aliphatic carbocycles. The average molecular weight is 387 g/mol. The van der Waals surface area contributed by atoms with Crippen LogP contribution in [0.5, 0.6) is 0 Å². The number of amides is 1.